The summed E-state index contributed by atoms with van der Waals surface area (Å²) in [6, 6.07) is 9.13. The first-order valence-electron chi connectivity index (χ1n) is 5.76. The lowest BCUT2D eigenvalue weighted by Gasteiger charge is -2.02. The molecule has 0 saturated heterocycles. The van der Waals surface area contributed by atoms with Crippen LogP contribution < -0.4 is 0 Å². The molecule has 1 aromatic carbocycles. The summed E-state index contributed by atoms with van der Waals surface area (Å²) in [5.74, 6) is -1.44. The van der Waals surface area contributed by atoms with Gasteiger partial charge in [0.25, 0.3) is 0 Å². The quantitative estimate of drug-likeness (QED) is 0.386. The molecule has 7 nitrogen and oxygen atoms in total. The second-order valence-corrected chi connectivity index (χ2v) is 4.05. The number of benzene rings is 1. The summed E-state index contributed by atoms with van der Waals surface area (Å²) in [6.07, 6.45) is 2.85. The summed E-state index contributed by atoms with van der Waals surface area (Å²) in [5, 5.41) is 38.8. The number of allylic oxidation sites excluding steroid dienone is 1. The van der Waals surface area contributed by atoms with Gasteiger partial charge in [-0.2, -0.15) is 5.26 Å². The normalized spacial score (nSPS) is 10.9. The fourth-order valence-electron chi connectivity index (χ4n) is 1.70. The van der Waals surface area contributed by atoms with E-state index >= 15 is 0 Å². The molecule has 0 amide bonds. The molecule has 0 radical (unpaired) electrons. The minimum absolute atomic E-state index is 0.176. The van der Waals surface area contributed by atoms with E-state index in [1.165, 1.54) is 12.3 Å². The number of aromatic nitrogens is 1. The Hall–Kier alpha value is -3.40. The lowest BCUT2D eigenvalue weighted by atomic mass is 10.1. The van der Waals surface area contributed by atoms with Crippen LogP contribution in [0.1, 0.15) is 11.3 Å². The topological polar surface area (TPSA) is 120 Å². The first kappa shape index (κ1) is 14.0. The van der Waals surface area contributed by atoms with Crippen molar-refractivity contribution < 1.29 is 15.1 Å². The predicted molar refractivity (Wildman–Crippen MR) is 74.1 cm³/mol. The Morgan fingerprint density at radius 2 is 2.14 bits per heavy atom. The molecule has 0 atom stereocenters. The van der Waals surface area contributed by atoms with Crippen molar-refractivity contribution in [3.63, 3.8) is 0 Å². The van der Waals surface area contributed by atoms with Crippen molar-refractivity contribution in [1.82, 2.24) is 4.98 Å². The number of phenolic OH excluding ortho intramolecular Hbond substituents is 2. The zero-order valence-corrected chi connectivity index (χ0v) is 10.6. The van der Waals surface area contributed by atoms with Crippen LogP contribution in [0.4, 0.5) is 5.69 Å². The third-order valence-corrected chi connectivity index (χ3v) is 2.66. The largest absolute Gasteiger partial charge is 0.504 e. The smallest absolute Gasteiger partial charge is 0.315 e. The maximum atomic E-state index is 10.8. The Morgan fingerprint density at radius 3 is 2.71 bits per heavy atom. The van der Waals surface area contributed by atoms with Gasteiger partial charge in [-0.3, -0.25) is 15.1 Å². The second-order valence-electron chi connectivity index (χ2n) is 4.05. The number of hydrogen-bond acceptors (Lipinski definition) is 6. The Bertz CT molecular complexity index is 764. The number of aromatic hydroxyl groups is 2. The van der Waals surface area contributed by atoms with Gasteiger partial charge in [0, 0.05) is 12.3 Å². The highest BCUT2D eigenvalue weighted by molar-refractivity contribution is 5.89. The number of hydrogen-bond donors (Lipinski definition) is 2. The number of phenols is 2. The molecule has 21 heavy (non-hydrogen) atoms. The first-order valence-corrected chi connectivity index (χ1v) is 5.76. The van der Waals surface area contributed by atoms with Gasteiger partial charge in [0.2, 0.25) is 5.75 Å². The van der Waals surface area contributed by atoms with E-state index in [9.17, 15) is 20.3 Å². The average Bonchev–Trinajstić information content (AvgIpc) is 2.48. The second kappa shape index (κ2) is 5.71. The van der Waals surface area contributed by atoms with E-state index in [4.69, 9.17) is 5.26 Å². The lowest BCUT2D eigenvalue weighted by Crippen LogP contribution is -1.91. The standard InChI is InChI=1S/C14H9N3O4/c15-8-10(11-3-1-2-4-16-11)5-9-6-12(17(20)21)14(19)13(18)7-9/h1-7,18-19H/b10-5+. The van der Waals surface area contributed by atoms with Crippen molar-refractivity contribution >= 4 is 17.3 Å². The van der Waals surface area contributed by atoms with Crippen LogP contribution in [0.25, 0.3) is 11.6 Å². The van der Waals surface area contributed by atoms with Gasteiger partial charge >= 0.3 is 5.69 Å². The maximum Gasteiger partial charge on any atom is 0.315 e. The van der Waals surface area contributed by atoms with E-state index in [2.05, 4.69) is 4.98 Å². The zero-order chi connectivity index (χ0) is 15.4. The maximum absolute atomic E-state index is 10.8. The minimum atomic E-state index is -0.820. The van der Waals surface area contributed by atoms with Crippen molar-refractivity contribution in [2.24, 2.45) is 0 Å². The van der Waals surface area contributed by atoms with Crippen LogP contribution in [0.15, 0.2) is 36.5 Å². The number of nitriles is 1. The Balaban J connectivity index is 2.54. The Kier molecular flexibility index (Phi) is 3.81. The van der Waals surface area contributed by atoms with E-state index in [1.807, 2.05) is 6.07 Å². The first-order chi connectivity index (χ1) is 10.0. The van der Waals surface area contributed by atoms with Crippen LogP contribution in [0.3, 0.4) is 0 Å². The molecule has 2 rings (SSSR count). The summed E-state index contributed by atoms with van der Waals surface area (Å²) >= 11 is 0. The van der Waals surface area contributed by atoms with Gasteiger partial charge in [0.05, 0.1) is 16.2 Å². The van der Waals surface area contributed by atoms with Gasteiger partial charge in [0.15, 0.2) is 5.75 Å². The van der Waals surface area contributed by atoms with E-state index in [0.717, 1.165) is 12.1 Å². The van der Waals surface area contributed by atoms with E-state index in [0.29, 0.717) is 5.69 Å². The molecule has 0 unspecified atom stereocenters. The Morgan fingerprint density at radius 1 is 1.38 bits per heavy atom. The molecule has 0 aliphatic carbocycles. The van der Waals surface area contributed by atoms with Gasteiger partial charge in [-0.15, -0.1) is 0 Å². The van der Waals surface area contributed by atoms with Crippen molar-refractivity contribution in [2.75, 3.05) is 0 Å². The number of rotatable bonds is 3. The molecule has 2 aromatic rings. The van der Waals surface area contributed by atoms with Crippen LogP contribution in [-0.2, 0) is 0 Å². The molecule has 0 bridgehead atoms. The molecular formula is C14H9N3O4. The molecule has 2 N–H and O–H groups in total. The SMILES string of the molecule is N#C/C(=C\c1cc(O)c(O)c([N+](=O)[O-])c1)c1ccccn1. The molecule has 0 spiro atoms. The van der Waals surface area contributed by atoms with Crippen molar-refractivity contribution in [1.29, 1.82) is 5.26 Å². The van der Waals surface area contributed by atoms with Crippen LogP contribution >= 0.6 is 0 Å². The summed E-state index contributed by atoms with van der Waals surface area (Å²) < 4.78 is 0. The molecule has 104 valence electrons. The van der Waals surface area contributed by atoms with Crippen molar-refractivity contribution in [3.05, 3.63) is 57.9 Å². The number of nitro benzene ring substituents is 1. The lowest BCUT2D eigenvalue weighted by molar-refractivity contribution is -0.386. The van der Waals surface area contributed by atoms with E-state index in [-0.39, 0.29) is 11.1 Å². The van der Waals surface area contributed by atoms with Gasteiger partial charge in [0.1, 0.15) is 6.07 Å². The molecule has 0 saturated carbocycles. The summed E-state index contributed by atoms with van der Waals surface area (Å²) in [5.41, 5.74) is 0.143. The molecular weight excluding hydrogens is 274 g/mol. The molecule has 1 heterocycles. The van der Waals surface area contributed by atoms with Crippen molar-refractivity contribution in [2.45, 2.75) is 0 Å². The molecule has 0 fully saturated rings. The third-order valence-electron chi connectivity index (χ3n) is 2.66. The molecule has 0 aliphatic rings. The van der Waals surface area contributed by atoms with E-state index in [1.54, 1.807) is 18.2 Å². The molecule has 1 aromatic heterocycles. The number of nitro groups is 1. The number of nitrogens with zero attached hydrogens (tertiary/aromatic N) is 3. The van der Waals surface area contributed by atoms with Crippen molar-refractivity contribution in [3.8, 4) is 17.6 Å². The highest BCUT2D eigenvalue weighted by Crippen LogP contribution is 2.36. The molecule has 0 aliphatic heterocycles. The van der Waals surface area contributed by atoms with Crippen LogP contribution in [0.2, 0.25) is 0 Å². The van der Waals surface area contributed by atoms with E-state index < -0.39 is 22.1 Å². The summed E-state index contributed by atoms with van der Waals surface area (Å²) in [6.45, 7) is 0. The fraction of sp³-hybridized carbons (Fsp3) is 0. The van der Waals surface area contributed by atoms with Gasteiger partial charge in [-0.05, 0) is 29.8 Å². The zero-order valence-electron chi connectivity index (χ0n) is 10.6. The number of pyridine rings is 1. The van der Waals surface area contributed by atoms with Gasteiger partial charge < -0.3 is 10.2 Å². The predicted octanol–water partition coefficient (Wildman–Crippen LogP) is 2.47. The highest BCUT2D eigenvalue weighted by atomic mass is 16.6. The summed E-state index contributed by atoms with van der Waals surface area (Å²) in [7, 11) is 0. The molecule has 7 heteroatoms. The van der Waals surface area contributed by atoms with Gasteiger partial charge in [-0.25, -0.2) is 0 Å². The van der Waals surface area contributed by atoms with Crippen LogP contribution in [0.5, 0.6) is 11.5 Å². The average molecular weight is 283 g/mol. The summed E-state index contributed by atoms with van der Waals surface area (Å²) in [4.78, 5) is 14.0. The third kappa shape index (κ3) is 2.96. The fourth-order valence-corrected chi connectivity index (χ4v) is 1.70. The minimum Gasteiger partial charge on any atom is -0.504 e. The monoisotopic (exact) mass is 283 g/mol. The highest BCUT2D eigenvalue weighted by Gasteiger charge is 2.18. The van der Waals surface area contributed by atoms with Crippen LogP contribution in [0, 0.1) is 21.4 Å². The van der Waals surface area contributed by atoms with Gasteiger partial charge in [-0.1, -0.05) is 6.07 Å². The van der Waals surface area contributed by atoms with Crippen LogP contribution in [-0.4, -0.2) is 20.1 Å². The Labute approximate surface area is 119 Å².